The van der Waals surface area contributed by atoms with Gasteiger partial charge in [-0.3, -0.25) is 4.79 Å². The van der Waals surface area contributed by atoms with Crippen molar-refractivity contribution in [3.63, 3.8) is 0 Å². The lowest BCUT2D eigenvalue weighted by atomic mass is 10.2. The Kier molecular flexibility index (Phi) is 7.11. The Bertz CT molecular complexity index is 909. The van der Waals surface area contributed by atoms with E-state index < -0.39 is 0 Å². The molecule has 0 fully saturated rings. The number of hydrogen-bond acceptors (Lipinski definition) is 4. The van der Waals surface area contributed by atoms with Crippen LogP contribution in [0.15, 0.2) is 78.9 Å². The van der Waals surface area contributed by atoms with Crippen LogP contribution in [-0.2, 0) is 4.79 Å². The minimum absolute atomic E-state index is 0.0588. The molecule has 3 aromatic carbocycles. The maximum absolute atomic E-state index is 12.2. The van der Waals surface area contributed by atoms with E-state index >= 15 is 0 Å². The molecule has 2 N–H and O–H groups in total. The van der Waals surface area contributed by atoms with Gasteiger partial charge in [-0.05, 0) is 62.4 Å². The molecule has 0 unspecified atom stereocenters. The van der Waals surface area contributed by atoms with Gasteiger partial charge in [-0.25, -0.2) is 0 Å². The zero-order chi connectivity index (χ0) is 20.5. The van der Waals surface area contributed by atoms with Crippen molar-refractivity contribution in [3.8, 4) is 17.2 Å². The molecule has 3 aromatic rings. The number of rotatable bonds is 9. The zero-order valence-corrected chi connectivity index (χ0v) is 16.7. The molecule has 1 amide bonds. The van der Waals surface area contributed by atoms with E-state index in [2.05, 4.69) is 10.6 Å². The first-order valence-electron chi connectivity index (χ1n) is 9.72. The number of ether oxygens (including phenoxy) is 2. The van der Waals surface area contributed by atoms with Gasteiger partial charge in [0.05, 0.1) is 11.8 Å². The molecule has 0 aromatic heterocycles. The third-order valence-electron chi connectivity index (χ3n) is 4.04. The minimum Gasteiger partial charge on any atom is -0.491 e. The lowest BCUT2D eigenvalue weighted by Crippen LogP contribution is -2.16. The smallest absolute Gasteiger partial charge is 0.226 e. The van der Waals surface area contributed by atoms with Crippen molar-refractivity contribution in [3.05, 3.63) is 78.9 Å². The maximum atomic E-state index is 12.2. The third-order valence-corrected chi connectivity index (χ3v) is 4.04. The highest BCUT2D eigenvalue weighted by Crippen LogP contribution is 2.29. The number of carbonyl (C=O) groups excluding carboxylic acids is 1. The minimum atomic E-state index is -0.0588. The molecule has 0 aliphatic heterocycles. The Balaban J connectivity index is 1.49. The number of hydrogen-bond donors (Lipinski definition) is 2. The number of carbonyl (C=O) groups is 1. The van der Waals surface area contributed by atoms with Crippen molar-refractivity contribution in [2.24, 2.45) is 0 Å². The van der Waals surface area contributed by atoms with Gasteiger partial charge in [-0.1, -0.05) is 30.3 Å². The lowest BCUT2D eigenvalue weighted by Gasteiger charge is -2.13. The Morgan fingerprint density at radius 3 is 2.28 bits per heavy atom. The van der Waals surface area contributed by atoms with Gasteiger partial charge in [0.25, 0.3) is 0 Å². The van der Waals surface area contributed by atoms with Crippen molar-refractivity contribution in [2.45, 2.75) is 26.4 Å². The topological polar surface area (TPSA) is 59.6 Å². The van der Waals surface area contributed by atoms with Crippen LogP contribution in [0.5, 0.6) is 17.2 Å². The van der Waals surface area contributed by atoms with E-state index in [0.29, 0.717) is 13.0 Å². The van der Waals surface area contributed by atoms with Crippen molar-refractivity contribution < 1.29 is 14.3 Å². The molecule has 0 aliphatic rings. The van der Waals surface area contributed by atoms with Crippen molar-refractivity contribution in [2.75, 3.05) is 17.2 Å². The molecular weight excluding hydrogens is 364 g/mol. The molecule has 0 aliphatic carbocycles. The second-order valence-corrected chi connectivity index (χ2v) is 6.83. The molecule has 0 spiro atoms. The molecule has 5 heteroatoms. The number of amides is 1. The average molecular weight is 390 g/mol. The molecule has 0 radical (unpaired) electrons. The standard InChI is InChI=1S/C24H26N2O3/c1-18(2)28-21-14-12-19(13-15-21)26-24(27)16-17-25-22-10-6-7-11-23(22)29-20-8-4-3-5-9-20/h3-15,18,25H,16-17H2,1-2H3,(H,26,27). The normalized spacial score (nSPS) is 10.4. The fourth-order valence-electron chi connectivity index (χ4n) is 2.74. The van der Waals surface area contributed by atoms with Crippen LogP contribution in [0.2, 0.25) is 0 Å². The van der Waals surface area contributed by atoms with E-state index in [-0.39, 0.29) is 12.0 Å². The largest absolute Gasteiger partial charge is 0.491 e. The van der Waals surface area contributed by atoms with Gasteiger partial charge in [0.1, 0.15) is 11.5 Å². The van der Waals surface area contributed by atoms with Crippen molar-refractivity contribution >= 4 is 17.3 Å². The summed E-state index contributed by atoms with van der Waals surface area (Å²) in [5.41, 5.74) is 1.60. The fraction of sp³-hybridized carbons (Fsp3) is 0.208. The molecular formula is C24H26N2O3. The summed E-state index contributed by atoms with van der Waals surface area (Å²) in [6.07, 6.45) is 0.458. The highest BCUT2D eigenvalue weighted by atomic mass is 16.5. The Labute approximate surface area is 171 Å². The lowest BCUT2D eigenvalue weighted by molar-refractivity contribution is -0.115. The van der Waals surface area contributed by atoms with E-state index in [1.807, 2.05) is 92.7 Å². The van der Waals surface area contributed by atoms with Gasteiger partial charge in [0.2, 0.25) is 5.91 Å². The summed E-state index contributed by atoms with van der Waals surface area (Å²) < 4.78 is 11.5. The van der Waals surface area contributed by atoms with E-state index in [1.165, 1.54) is 0 Å². The number of benzene rings is 3. The van der Waals surface area contributed by atoms with Crippen LogP contribution >= 0.6 is 0 Å². The maximum Gasteiger partial charge on any atom is 0.226 e. The summed E-state index contributed by atoms with van der Waals surface area (Å²) in [6.45, 7) is 4.45. The predicted octanol–water partition coefficient (Wildman–Crippen LogP) is 5.71. The molecule has 5 nitrogen and oxygen atoms in total. The van der Waals surface area contributed by atoms with Crippen LogP contribution < -0.4 is 20.1 Å². The molecule has 0 saturated heterocycles. The van der Waals surface area contributed by atoms with Crippen molar-refractivity contribution in [1.82, 2.24) is 0 Å². The first-order chi connectivity index (χ1) is 14.1. The van der Waals surface area contributed by atoms with E-state index in [1.54, 1.807) is 0 Å². The van der Waals surface area contributed by atoms with Gasteiger partial charge in [-0.15, -0.1) is 0 Å². The summed E-state index contributed by atoms with van der Waals surface area (Å²) in [5, 5.41) is 6.17. The molecule has 150 valence electrons. The van der Waals surface area contributed by atoms with Crippen LogP contribution in [0.1, 0.15) is 20.3 Å². The van der Waals surface area contributed by atoms with Crippen LogP contribution in [0, 0.1) is 0 Å². The Morgan fingerprint density at radius 1 is 0.862 bits per heavy atom. The quantitative estimate of drug-likeness (QED) is 0.491. The average Bonchev–Trinajstić information content (AvgIpc) is 2.71. The van der Waals surface area contributed by atoms with Gasteiger partial charge in [0.15, 0.2) is 5.75 Å². The van der Waals surface area contributed by atoms with Gasteiger partial charge in [-0.2, -0.15) is 0 Å². The Hall–Kier alpha value is -3.47. The first kappa shape index (κ1) is 20.3. The van der Waals surface area contributed by atoms with E-state index in [4.69, 9.17) is 9.47 Å². The molecule has 3 rings (SSSR count). The summed E-state index contributed by atoms with van der Waals surface area (Å²) in [5.74, 6) is 2.22. The summed E-state index contributed by atoms with van der Waals surface area (Å²) in [4.78, 5) is 12.2. The second kappa shape index (κ2) is 10.2. The third kappa shape index (κ3) is 6.57. The fourth-order valence-corrected chi connectivity index (χ4v) is 2.74. The Morgan fingerprint density at radius 2 is 1.55 bits per heavy atom. The zero-order valence-electron chi connectivity index (χ0n) is 16.7. The molecule has 0 atom stereocenters. The van der Waals surface area contributed by atoms with Crippen LogP contribution in [0.3, 0.4) is 0 Å². The summed E-state index contributed by atoms with van der Waals surface area (Å²) in [6, 6.07) is 24.7. The van der Waals surface area contributed by atoms with Gasteiger partial charge in [0, 0.05) is 18.7 Å². The summed E-state index contributed by atoms with van der Waals surface area (Å²) in [7, 11) is 0. The van der Waals surface area contributed by atoms with Crippen LogP contribution in [0.4, 0.5) is 11.4 Å². The number of anilines is 2. The summed E-state index contributed by atoms with van der Waals surface area (Å²) >= 11 is 0. The van der Waals surface area contributed by atoms with E-state index in [0.717, 1.165) is 28.6 Å². The van der Waals surface area contributed by atoms with Gasteiger partial charge < -0.3 is 20.1 Å². The molecule has 0 saturated carbocycles. The predicted molar refractivity (Wildman–Crippen MR) is 117 cm³/mol. The van der Waals surface area contributed by atoms with Crippen LogP contribution in [0.25, 0.3) is 0 Å². The van der Waals surface area contributed by atoms with Crippen LogP contribution in [-0.4, -0.2) is 18.6 Å². The second-order valence-electron chi connectivity index (χ2n) is 6.83. The number of para-hydroxylation sites is 3. The SMILES string of the molecule is CC(C)Oc1ccc(NC(=O)CCNc2ccccc2Oc2ccccc2)cc1. The number of nitrogens with one attached hydrogen (secondary N) is 2. The van der Waals surface area contributed by atoms with Gasteiger partial charge >= 0.3 is 0 Å². The molecule has 0 heterocycles. The van der Waals surface area contributed by atoms with Crippen molar-refractivity contribution in [1.29, 1.82) is 0 Å². The highest BCUT2D eigenvalue weighted by Gasteiger charge is 2.07. The monoisotopic (exact) mass is 390 g/mol. The highest BCUT2D eigenvalue weighted by molar-refractivity contribution is 5.91. The molecule has 0 bridgehead atoms. The first-order valence-corrected chi connectivity index (χ1v) is 9.72. The molecule has 29 heavy (non-hydrogen) atoms. The van der Waals surface area contributed by atoms with E-state index in [9.17, 15) is 4.79 Å².